The molecule has 1 heterocycles. The van der Waals surface area contributed by atoms with Crippen molar-refractivity contribution in [1.29, 1.82) is 0 Å². The molecular weight excluding hydrogens is 574 g/mol. The van der Waals surface area contributed by atoms with Gasteiger partial charge in [0.05, 0.1) is 25.4 Å². The first kappa shape index (κ1) is 42.2. The van der Waals surface area contributed by atoms with E-state index in [1.165, 1.54) is 103 Å². The first-order valence-electron chi connectivity index (χ1n) is 18.7. The highest BCUT2D eigenvalue weighted by Gasteiger charge is 2.44. The number of hydrogen-bond donors (Lipinski definition) is 6. The van der Waals surface area contributed by atoms with E-state index < -0.39 is 49.5 Å². The van der Waals surface area contributed by atoms with Crippen LogP contribution in [0, 0.1) is 0 Å². The molecule has 1 fully saturated rings. The highest BCUT2D eigenvalue weighted by Crippen LogP contribution is 2.23. The molecule has 0 aromatic carbocycles. The number of unbranched alkanes of at least 4 members (excludes halogenated alkanes) is 20. The second kappa shape index (κ2) is 28.2. The summed E-state index contributed by atoms with van der Waals surface area (Å²) in [6.07, 6.45) is 19.7. The van der Waals surface area contributed by atoms with E-state index in [1.54, 1.807) is 0 Å². The van der Waals surface area contributed by atoms with Crippen LogP contribution in [0.25, 0.3) is 0 Å². The van der Waals surface area contributed by atoms with E-state index >= 15 is 0 Å². The van der Waals surface area contributed by atoms with Crippen molar-refractivity contribution in [3.63, 3.8) is 0 Å². The van der Waals surface area contributed by atoms with Crippen molar-refractivity contribution in [2.45, 2.75) is 211 Å². The van der Waals surface area contributed by atoms with Gasteiger partial charge in [-0.15, -0.1) is 0 Å². The highest BCUT2D eigenvalue weighted by molar-refractivity contribution is 5.76. The van der Waals surface area contributed by atoms with Crippen LogP contribution in [0.3, 0.4) is 0 Å². The summed E-state index contributed by atoms with van der Waals surface area (Å²) in [4.78, 5) is 12.8. The number of amides is 1. The Hall–Kier alpha value is -0.810. The fourth-order valence-corrected chi connectivity index (χ4v) is 6.10. The number of carbonyl (C=O) groups is 1. The number of aliphatic hydroxyl groups is 5. The van der Waals surface area contributed by atoms with Crippen molar-refractivity contribution < 1.29 is 39.8 Å². The number of ether oxygens (including phenoxy) is 2. The van der Waals surface area contributed by atoms with Gasteiger partial charge in [-0.05, 0) is 12.8 Å². The molecule has 0 spiro atoms. The van der Waals surface area contributed by atoms with Crippen LogP contribution in [0.1, 0.15) is 168 Å². The molecule has 1 amide bonds. The van der Waals surface area contributed by atoms with Crippen LogP contribution in [0.4, 0.5) is 0 Å². The van der Waals surface area contributed by atoms with E-state index in [0.29, 0.717) is 12.8 Å². The summed E-state index contributed by atoms with van der Waals surface area (Å²) in [7, 11) is 0. The summed E-state index contributed by atoms with van der Waals surface area (Å²) in [5.74, 6) is -0.150. The van der Waals surface area contributed by atoms with Crippen molar-refractivity contribution in [3.05, 3.63) is 0 Å². The third kappa shape index (κ3) is 20.2. The SMILES string of the molecule is CCCCCCCCCCCCCCCC[C@@H](O)[C@H](CO[C@@H]1O[C@H](CO)[C@H](O)C(O)C1O)NC(=O)CCCCCCCCCC. The maximum Gasteiger partial charge on any atom is 0.220 e. The van der Waals surface area contributed by atoms with Gasteiger partial charge in [0.25, 0.3) is 0 Å². The van der Waals surface area contributed by atoms with Crippen LogP contribution < -0.4 is 5.32 Å². The molecule has 0 bridgehead atoms. The predicted molar refractivity (Wildman–Crippen MR) is 180 cm³/mol. The van der Waals surface area contributed by atoms with Gasteiger partial charge in [0, 0.05) is 6.42 Å². The van der Waals surface area contributed by atoms with Gasteiger partial charge in [-0.25, -0.2) is 0 Å². The lowest BCUT2D eigenvalue weighted by molar-refractivity contribution is -0.302. The number of carbonyl (C=O) groups excluding carboxylic acids is 1. The van der Waals surface area contributed by atoms with Gasteiger partial charge >= 0.3 is 0 Å². The molecule has 1 aliphatic heterocycles. The monoisotopic (exact) mass is 646 g/mol. The van der Waals surface area contributed by atoms with Crippen LogP contribution in [0.5, 0.6) is 0 Å². The highest BCUT2D eigenvalue weighted by atomic mass is 16.7. The van der Waals surface area contributed by atoms with Gasteiger partial charge in [-0.3, -0.25) is 4.79 Å². The van der Waals surface area contributed by atoms with Crippen LogP contribution in [0.15, 0.2) is 0 Å². The van der Waals surface area contributed by atoms with Gasteiger partial charge in [-0.1, -0.05) is 149 Å². The van der Waals surface area contributed by atoms with Gasteiger partial charge in [0.2, 0.25) is 5.91 Å². The predicted octanol–water partition coefficient (Wildman–Crippen LogP) is 6.05. The summed E-state index contributed by atoms with van der Waals surface area (Å²) in [6, 6.07) is -0.708. The zero-order chi connectivity index (χ0) is 33.1. The molecule has 0 aromatic heterocycles. The lowest BCUT2D eigenvalue weighted by Gasteiger charge is -2.40. The average Bonchev–Trinajstić information content (AvgIpc) is 3.04. The molecule has 1 rings (SSSR count). The van der Waals surface area contributed by atoms with Crippen LogP contribution in [-0.2, 0) is 14.3 Å². The first-order chi connectivity index (χ1) is 21.8. The molecule has 1 aliphatic rings. The molecule has 0 aliphatic carbocycles. The molecule has 0 radical (unpaired) electrons. The smallest absolute Gasteiger partial charge is 0.220 e. The normalized spacial score (nSPS) is 23.2. The van der Waals surface area contributed by atoms with Crippen molar-refractivity contribution in [2.75, 3.05) is 13.2 Å². The lowest BCUT2D eigenvalue weighted by Crippen LogP contribution is -2.60. The maximum absolute atomic E-state index is 12.8. The van der Waals surface area contributed by atoms with E-state index in [0.717, 1.165) is 38.5 Å². The average molecular weight is 646 g/mol. The topological polar surface area (TPSA) is 149 Å². The third-order valence-electron chi connectivity index (χ3n) is 9.21. The van der Waals surface area contributed by atoms with Gasteiger partial charge < -0.3 is 40.3 Å². The minimum absolute atomic E-state index is 0.133. The van der Waals surface area contributed by atoms with Crippen molar-refractivity contribution >= 4 is 5.91 Å². The third-order valence-corrected chi connectivity index (χ3v) is 9.21. The van der Waals surface area contributed by atoms with E-state index in [1.807, 2.05) is 0 Å². The Kier molecular flexibility index (Phi) is 26.5. The fraction of sp³-hybridized carbons (Fsp3) is 0.972. The summed E-state index contributed by atoms with van der Waals surface area (Å²) >= 11 is 0. The zero-order valence-corrected chi connectivity index (χ0v) is 28.9. The molecule has 9 nitrogen and oxygen atoms in total. The Bertz CT molecular complexity index is 681. The van der Waals surface area contributed by atoms with Crippen molar-refractivity contribution in [1.82, 2.24) is 5.32 Å². The van der Waals surface area contributed by atoms with Crippen LogP contribution in [0.2, 0.25) is 0 Å². The fourth-order valence-electron chi connectivity index (χ4n) is 6.10. The quantitative estimate of drug-likeness (QED) is 0.0517. The molecule has 45 heavy (non-hydrogen) atoms. The van der Waals surface area contributed by atoms with E-state index in [9.17, 15) is 30.3 Å². The summed E-state index contributed by atoms with van der Waals surface area (Å²) in [6.45, 7) is 3.78. The Morgan fingerprint density at radius 3 is 1.58 bits per heavy atom. The molecule has 1 saturated heterocycles. The number of aliphatic hydroxyl groups excluding tert-OH is 5. The Morgan fingerprint density at radius 2 is 1.11 bits per heavy atom. The van der Waals surface area contributed by atoms with Crippen molar-refractivity contribution in [3.8, 4) is 0 Å². The van der Waals surface area contributed by atoms with Crippen molar-refractivity contribution in [2.24, 2.45) is 0 Å². The minimum Gasteiger partial charge on any atom is -0.394 e. The van der Waals surface area contributed by atoms with E-state index in [4.69, 9.17) is 9.47 Å². The molecule has 6 N–H and O–H groups in total. The largest absolute Gasteiger partial charge is 0.394 e. The standard InChI is InChI=1S/C36H71NO8/c1-3-5-7-9-11-13-14-15-16-17-18-19-21-23-25-30(39)29(37-32(40)26-24-22-20-12-10-8-6-4-2)28-44-36-35(43)34(42)33(41)31(27-38)45-36/h29-31,33-36,38-39,41-43H,3-28H2,1-2H3,(H,37,40)/t29-,30+,31+,33-,34?,35?,36+/m0/s1. The Morgan fingerprint density at radius 1 is 0.667 bits per heavy atom. The maximum atomic E-state index is 12.8. The summed E-state index contributed by atoms with van der Waals surface area (Å²) in [5, 5.41) is 53.9. The molecule has 268 valence electrons. The second-order valence-electron chi connectivity index (χ2n) is 13.4. The van der Waals surface area contributed by atoms with Gasteiger partial charge in [0.1, 0.15) is 24.4 Å². The molecule has 0 saturated carbocycles. The molecule has 2 unspecified atom stereocenters. The summed E-state index contributed by atoms with van der Waals surface area (Å²) < 4.78 is 11.2. The van der Waals surface area contributed by atoms with E-state index in [-0.39, 0.29) is 12.5 Å². The molecular formula is C36H71NO8. The molecule has 9 heteroatoms. The Labute approximate surface area is 274 Å². The minimum atomic E-state index is -1.55. The molecule has 0 aromatic rings. The molecule has 7 atom stereocenters. The van der Waals surface area contributed by atoms with Crippen LogP contribution in [-0.4, -0.2) is 87.5 Å². The first-order valence-corrected chi connectivity index (χ1v) is 18.7. The van der Waals surface area contributed by atoms with E-state index in [2.05, 4.69) is 19.2 Å². The lowest BCUT2D eigenvalue weighted by atomic mass is 9.99. The zero-order valence-electron chi connectivity index (χ0n) is 28.9. The number of hydrogen-bond acceptors (Lipinski definition) is 8. The van der Waals surface area contributed by atoms with Gasteiger partial charge in [-0.2, -0.15) is 0 Å². The second-order valence-corrected chi connectivity index (χ2v) is 13.4. The van der Waals surface area contributed by atoms with Gasteiger partial charge in [0.15, 0.2) is 6.29 Å². The Balaban J connectivity index is 2.41. The van der Waals surface area contributed by atoms with Crippen LogP contribution >= 0.6 is 0 Å². The number of nitrogens with one attached hydrogen (secondary N) is 1. The summed E-state index contributed by atoms with van der Waals surface area (Å²) in [5.41, 5.74) is 0. The number of rotatable bonds is 30.